The van der Waals surface area contributed by atoms with Crippen molar-refractivity contribution in [2.24, 2.45) is 17.2 Å². The van der Waals surface area contributed by atoms with Gasteiger partial charge >= 0.3 is 23.9 Å². The van der Waals surface area contributed by atoms with Crippen molar-refractivity contribution in [1.82, 2.24) is 42.1 Å². The van der Waals surface area contributed by atoms with Gasteiger partial charge in [-0.25, -0.2) is 4.79 Å². The highest BCUT2D eigenvalue weighted by atomic mass is 16.4. The van der Waals surface area contributed by atoms with Crippen LogP contribution in [0.4, 0.5) is 0 Å². The van der Waals surface area contributed by atoms with Gasteiger partial charge in [0.05, 0.1) is 31.2 Å². The SMILES string of the molecule is C[C@@H](O)[C@H](NC(=O)[C@H](CC(N)=O)NC(=O)CNC(=O)[C@H](CCC(=O)O)NC(=O)[C@@H](N)CCC(=O)O)C(=O)N[C@H](C(=O)N[C@@H](CCC(=O)O)C(=O)N1CCC[C@H]1C(=O)N[C@@H](CCCCN)C(=O)O)[C@@H](C)O. The summed E-state index contributed by atoms with van der Waals surface area (Å²) < 4.78 is 0. The van der Waals surface area contributed by atoms with E-state index >= 15 is 0 Å². The van der Waals surface area contributed by atoms with E-state index in [2.05, 4.69) is 37.2 Å². The summed E-state index contributed by atoms with van der Waals surface area (Å²) in [6.07, 6.45) is -6.56. The van der Waals surface area contributed by atoms with Crippen molar-refractivity contribution in [3.8, 4) is 0 Å². The zero-order chi connectivity index (χ0) is 53.4. The highest BCUT2D eigenvalue weighted by molar-refractivity contribution is 5.99. The standard InChI is InChI=1S/C40H65N11O19/c1-18(52)31(37(66)47-22(10-13-30(60)61)39(68)51-15-5-7-25(51)36(65)48-23(40(69)70)6-3-4-14-41)50-38(67)32(19(2)53)49-35(64)24(16-26(43)54)45-27(55)17-44-34(63)21(9-12-29(58)59)46-33(62)20(42)8-11-28(56)57/h18-25,31-32,52-53H,3-17,41-42H2,1-2H3,(H2,43,54)(H,44,63)(H,45,55)(H,46,62)(H,47,66)(H,48,65)(H,49,64)(H,50,67)(H,56,57)(H,58,59)(H,60,61)(H,69,70)/t18-,19-,20+,21+,22+,23+,24+,25+,31+,32+/m1/s1. The minimum absolute atomic E-state index is 0.0388. The van der Waals surface area contributed by atoms with E-state index in [4.69, 9.17) is 27.4 Å². The topological polar surface area (TPSA) is 509 Å². The first-order chi connectivity index (χ1) is 32.7. The van der Waals surface area contributed by atoms with E-state index in [0.29, 0.717) is 12.8 Å². The molecule has 0 saturated carbocycles. The van der Waals surface area contributed by atoms with Crippen molar-refractivity contribution in [1.29, 1.82) is 0 Å². The van der Waals surface area contributed by atoms with Gasteiger partial charge in [-0.3, -0.25) is 57.5 Å². The number of nitrogens with one attached hydrogen (secondary N) is 7. The molecule has 10 atom stereocenters. The number of carboxylic acid groups (broad SMARTS) is 4. The number of primary amides is 1. The van der Waals surface area contributed by atoms with Gasteiger partial charge in [0, 0.05) is 25.8 Å². The Kier molecular flexibility index (Phi) is 26.5. The van der Waals surface area contributed by atoms with Crippen LogP contribution >= 0.6 is 0 Å². The van der Waals surface area contributed by atoms with Crippen LogP contribution in [0.3, 0.4) is 0 Å². The average molecular weight is 1000 g/mol. The van der Waals surface area contributed by atoms with Crippen LogP contribution in [-0.2, 0) is 62.3 Å². The van der Waals surface area contributed by atoms with Crippen LogP contribution in [0.15, 0.2) is 0 Å². The number of unbranched alkanes of at least 4 members (excludes halogenated alkanes) is 1. The molecule has 1 aliphatic rings. The van der Waals surface area contributed by atoms with Crippen molar-refractivity contribution >= 4 is 77.0 Å². The molecule has 1 heterocycles. The van der Waals surface area contributed by atoms with Gasteiger partial charge in [-0.1, -0.05) is 0 Å². The maximum atomic E-state index is 13.9. The maximum absolute atomic E-state index is 13.9. The summed E-state index contributed by atoms with van der Waals surface area (Å²) in [5, 5.41) is 73.2. The van der Waals surface area contributed by atoms with Crippen LogP contribution in [0.1, 0.15) is 90.9 Å². The zero-order valence-electron chi connectivity index (χ0n) is 38.5. The third-order valence-electron chi connectivity index (χ3n) is 10.6. The summed E-state index contributed by atoms with van der Waals surface area (Å²) in [4.78, 5) is 164. The quantitative estimate of drug-likeness (QED) is 0.0272. The molecule has 0 aromatic carbocycles. The van der Waals surface area contributed by atoms with E-state index < -0.39 is 183 Å². The van der Waals surface area contributed by atoms with E-state index in [1.807, 2.05) is 0 Å². The summed E-state index contributed by atoms with van der Waals surface area (Å²) in [5.74, 6) is -15.6. The zero-order valence-corrected chi connectivity index (χ0v) is 38.5. The molecule has 0 bridgehead atoms. The number of aliphatic hydroxyl groups excluding tert-OH is 2. The fourth-order valence-electron chi connectivity index (χ4n) is 6.79. The highest BCUT2D eigenvalue weighted by Gasteiger charge is 2.41. The number of rotatable bonds is 33. The molecule has 0 unspecified atom stereocenters. The van der Waals surface area contributed by atoms with Crippen molar-refractivity contribution in [2.75, 3.05) is 19.6 Å². The van der Waals surface area contributed by atoms with Gasteiger partial charge in [-0.15, -0.1) is 0 Å². The van der Waals surface area contributed by atoms with Gasteiger partial charge in [0.2, 0.25) is 53.2 Å². The lowest BCUT2D eigenvalue weighted by molar-refractivity contribution is -0.145. The number of aliphatic hydroxyl groups is 2. The number of hydrogen-bond acceptors (Lipinski definition) is 17. The Morgan fingerprint density at radius 3 is 1.63 bits per heavy atom. The van der Waals surface area contributed by atoms with Gasteiger partial charge in [0.1, 0.15) is 42.3 Å². The van der Waals surface area contributed by atoms with Crippen LogP contribution in [0.5, 0.6) is 0 Å². The minimum atomic E-state index is -2.02. The van der Waals surface area contributed by atoms with Crippen LogP contribution in [-0.4, -0.2) is 193 Å². The summed E-state index contributed by atoms with van der Waals surface area (Å²) in [6, 6.07) is -13.1. The van der Waals surface area contributed by atoms with Crippen molar-refractivity contribution < 1.29 is 93.0 Å². The Bertz CT molecular complexity index is 1920. The predicted molar refractivity (Wildman–Crippen MR) is 236 cm³/mol. The van der Waals surface area contributed by atoms with Gasteiger partial charge in [0.15, 0.2) is 0 Å². The number of carboxylic acids is 4. The number of likely N-dealkylation sites (tertiary alicyclic amines) is 1. The number of nitrogens with zero attached hydrogens (tertiary/aromatic N) is 1. The normalized spacial score (nSPS) is 17.0. The van der Waals surface area contributed by atoms with Crippen molar-refractivity contribution in [3.63, 3.8) is 0 Å². The first-order valence-electron chi connectivity index (χ1n) is 22.1. The molecule has 0 spiro atoms. The molecule has 1 rings (SSSR count). The Labute approximate surface area is 399 Å². The maximum Gasteiger partial charge on any atom is 0.326 e. The van der Waals surface area contributed by atoms with Crippen LogP contribution in [0, 0.1) is 0 Å². The lowest BCUT2D eigenvalue weighted by Gasteiger charge is -2.31. The molecular formula is C40H65N11O19. The number of amides is 9. The Morgan fingerprint density at radius 2 is 1.11 bits per heavy atom. The second kappa shape index (κ2) is 30.4. The van der Waals surface area contributed by atoms with E-state index in [1.165, 1.54) is 0 Å². The molecule has 0 aliphatic carbocycles. The predicted octanol–water partition coefficient (Wildman–Crippen LogP) is -7.23. The average Bonchev–Trinajstić information content (AvgIpc) is 3.77. The van der Waals surface area contributed by atoms with E-state index in [-0.39, 0.29) is 38.8 Å². The molecule has 19 N–H and O–H groups in total. The molecule has 9 amide bonds. The molecule has 30 nitrogen and oxygen atoms in total. The smallest absolute Gasteiger partial charge is 0.326 e. The van der Waals surface area contributed by atoms with Gasteiger partial charge in [-0.2, -0.15) is 0 Å². The Balaban J connectivity index is 3.21. The summed E-state index contributed by atoms with van der Waals surface area (Å²) in [7, 11) is 0. The molecular weight excluding hydrogens is 938 g/mol. The highest BCUT2D eigenvalue weighted by Crippen LogP contribution is 2.21. The summed E-state index contributed by atoms with van der Waals surface area (Å²) >= 11 is 0. The second-order valence-electron chi connectivity index (χ2n) is 16.4. The van der Waals surface area contributed by atoms with E-state index in [1.54, 1.807) is 0 Å². The molecule has 30 heteroatoms. The molecule has 1 saturated heterocycles. The Morgan fingerprint density at radius 1 is 0.600 bits per heavy atom. The molecule has 394 valence electrons. The fourth-order valence-corrected chi connectivity index (χ4v) is 6.79. The first kappa shape index (κ1) is 61.0. The number of nitrogens with two attached hydrogens (primary N) is 3. The molecule has 0 aromatic heterocycles. The second-order valence-corrected chi connectivity index (χ2v) is 16.4. The minimum Gasteiger partial charge on any atom is -0.481 e. The molecule has 1 fully saturated rings. The van der Waals surface area contributed by atoms with Crippen molar-refractivity contribution in [2.45, 2.75) is 151 Å². The van der Waals surface area contributed by atoms with Crippen LogP contribution in [0.2, 0.25) is 0 Å². The third kappa shape index (κ3) is 21.9. The van der Waals surface area contributed by atoms with Gasteiger partial charge in [-0.05, 0) is 71.8 Å². The molecule has 70 heavy (non-hydrogen) atoms. The third-order valence-corrected chi connectivity index (χ3v) is 10.6. The van der Waals surface area contributed by atoms with Gasteiger partial charge < -0.3 is 90.0 Å². The number of carbonyl (C=O) groups is 13. The van der Waals surface area contributed by atoms with Gasteiger partial charge in [0.25, 0.3) is 0 Å². The number of aliphatic carboxylic acids is 4. The van der Waals surface area contributed by atoms with Crippen LogP contribution < -0.4 is 54.4 Å². The first-order valence-corrected chi connectivity index (χ1v) is 22.1. The monoisotopic (exact) mass is 1000 g/mol. The summed E-state index contributed by atoms with van der Waals surface area (Å²) in [6.45, 7) is 1.28. The van der Waals surface area contributed by atoms with Crippen molar-refractivity contribution in [3.05, 3.63) is 0 Å². The molecule has 0 aromatic rings. The van der Waals surface area contributed by atoms with E-state index in [9.17, 15) is 82.8 Å². The molecule has 0 radical (unpaired) electrons. The van der Waals surface area contributed by atoms with E-state index in [0.717, 1.165) is 18.7 Å². The lowest BCUT2D eigenvalue weighted by Crippen LogP contribution is -2.63. The largest absolute Gasteiger partial charge is 0.481 e. The Hall–Kier alpha value is -7.05. The summed E-state index contributed by atoms with van der Waals surface area (Å²) in [5.41, 5.74) is 16.4. The number of hydrogen-bond donors (Lipinski definition) is 16. The van der Waals surface area contributed by atoms with Crippen LogP contribution in [0.25, 0.3) is 0 Å². The fraction of sp³-hybridized carbons (Fsp3) is 0.675. The molecule has 1 aliphatic heterocycles. The lowest BCUT2D eigenvalue weighted by atomic mass is 10.0. The number of carbonyl (C=O) groups excluding carboxylic acids is 9.